The van der Waals surface area contributed by atoms with Crippen molar-refractivity contribution in [2.75, 3.05) is 26.4 Å². The molecule has 0 atom stereocenters. The number of phosphoric ester groups is 1. The normalized spacial score (nSPS) is 12.0. The zero-order valence-corrected chi connectivity index (χ0v) is 14.4. The molecule has 0 radical (unpaired) electrons. The van der Waals surface area contributed by atoms with Gasteiger partial charge in [0.05, 0.1) is 31.8 Å². The van der Waals surface area contributed by atoms with E-state index in [0.29, 0.717) is 0 Å². The van der Waals surface area contributed by atoms with Gasteiger partial charge in [-0.3, -0.25) is 4.52 Å². The van der Waals surface area contributed by atoms with E-state index in [-0.39, 0.29) is 11.5 Å². The number of para-hydroxylation sites is 2. The van der Waals surface area contributed by atoms with E-state index in [1.165, 1.54) is 0 Å². The highest BCUT2D eigenvalue weighted by atomic mass is 31.2. The zero-order chi connectivity index (χ0) is 18.2. The van der Waals surface area contributed by atoms with Crippen molar-refractivity contribution < 1.29 is 33.5 Å². The molecule has 2 rings (SSSR count). The highest BCUT2D eigenvalue weighted by Crippen LogP contribution is 2.50. The Morgan fingerprint density at radius 2 is 1.16 bits per heavy atom. The molecule has 0 aliphatic rings. The predicted octanol–water partition coefficient (Wildman–Crippen LogP) is 2.23. The van der Waals surface area contributed by atoms with Crippen LogP contribution in [0.2, 0.25) is 0 Å². The zero-order valence-electron chi connectivity index (χ0n) is 13.5. The van der Waals surface area contributed by atoms with Crippen molar-refractivity contribution in [2.45, 2.75) is 0 Å². The molecule has 0 amide bonds. The van der Waals surface area contributed by atoms with E-state index in [1.807, 2.05) is 0 Å². The summed E-state index contributed by atoms with van der Waals surface area (Å²) in [7, 11) is -4.13. The molecule has 0 aromatic heterocycles. The molecular weight excluding hydrogens is 347 g/mol. The third-order valence-corrected chi connectivity index (χ3v) is 4.77. The van der Waals surface area contributed by atoms with Crippen LogP contribution in [0.3, 0.4) is 0 Å². The SMILES string of the molecule is O=P(OCC(CO)(CO)CO)(Oc1ccccc1)Oc1ccccc1. The molecule has 0 unspecified atom stereocenters. The van der Waals surface area contributed by atoms with Gasteiger partial charge in [0.2, 0.25) is 0 Å². The lowest BCUT2D eigenvalue weighted by Crippen LogP contribution is -2.38. The fourth-order valence-electron chi connectivity index (χ4n) is 1.80. The highest BCUT2D eigenvalue weighted by Gasteiger charge is 2.37. The Bertz CT molecular complexity index is 620. The number of hydrogen-bond acceptors (Lipinski definition) is 7. The van der Waals surface area contributed by atoms with Gasteiger partial charge in [-0.2, -0.15) is 0 Å². The van der Waals surface area contributed by atoms with Crippen molar-refractivity contribution in [3.63, 3.8) is 0 Å². The van der Waals surface area contributed by atoms with Gasteiger partial charge in [0, 0.05) is 0 Å². The lowest BCUT2D eigenvalue weighted by atomic mass is 9.93. The summed E-state index contributed by atoms with van der Waals surface area (Å²) >= 11 is 0. The minimum atomic E-state index is -4.13. The first-order chi connectivity index (χ1) is 12.0. The number of aliphatic hydroxyl groups is 3. The summed E-state index contributed by atoms with van der Waals surface area (Å²) in [6.45, 7) is -2.10. The number of hydrogen-bond donors (Lipinski definition) is 3. The maximum Gasteiger partial charge on any atom is 0.587 e. The monoisotopic (exact) mass is 368 g/mol. The summed E-state index contributed by atoms with van der Waals surface area (Å²) in [6.07, 6.45) is 0. The second kappa shape index (κ2) is 8.99. The van der Waals surface area contributed by atoms with Gasteiger partial charge in [-0.1, -0.05) is 36.4 Å². The first-order valence-electron chi connectivity index (χ1n) is 7.61. The largest absolute Gasteiger partial charge is 0.587 e. The molecule has 0 spiro atoms. The minimum Gasteiger partial charge on any atom is -0.396 e. The van der Waals surface area contributed by atoms with Gasteiger partial charge in [0.15, 0.2) is 0 Å². The van der Waals surface area contributed by atoms with Crippen molar-refractivity contribution in [1.82, 2.24) is 0 Å². The second-order valence-electron chi connectivity index (χ2n) is 5.50. The van der Waals surface area contributed by atoms with Crippen LogP contribution in [0.5, 0.6) is 11.5 Å². The van der Waals surface area contributed by atoms with Crippen molar-refractivity contribution in [3.05, 3.63) is 60.7 Å². The van der Waals surface area contributed by atoms with Crippen LogP contribution >= 0.6 is 7.82 Å². The molecule has 0 aliphatic heterocycles. The molecule has 136 valence electrons. The van der Waals surface area contributed by atoms with Crippen LogP contribution in [0.1, 0.15) is 0 Å². The molecule has 3 N–H and O–H groups in total. The van der Waals surface area contributed by atoms with Gasteiger partial charge in [-0.15, -0.1) is 0 Å². The number of aliphatic hydroxyl groups excluding tert-OH is 3. The lowest BCUT2D eigenvalue weighted by molar-refractivity contribution is -0.0307. The van der Waals surface area contributed by atoms with Crippen LogP contribution in [0.4, 0.5) is 0 Å². The Kier molecular flexibility index (Phi) is 6.99. The van der Waals surface area contributed by atoms with E-state index >= 15 is 0 Å². The molecule has 0 saturated carbocycles. The molecule has 25 heavy (non-hydrogen) atoms. The van der Waals surface area contributed by atoms with Gasteiger partial charge in [-0.25, -0.2) is 4.57 Å². The Hall–Kier alpha value is -1.89. The summed E-state index contributed by atoms with van der Waals surface area (Å²) in [4.78, 5) is 0. The molecule has 2 aromatic carbocycles. The van der Waals surface area contributed by atoms with E-state index in [1.54, 1.807) is 60.7 Å². The van der Waals surface area contributed by atoms with Crippen LogP contribution in [0.15, 0.2) is 60.7 Å². The van der Waals surface area contributed by atoms with E-state index in [0.717, 1.165) is 0 Å². The highest BCUT2D eigenvalue weighted by molar-refractivity contribution is 7.49. The third kappa shape index (κ3) is 5.56. The molecule has 0 saturated heterocycles. The van der Waals surface area contributed by atoms with E-state index in [2.05, 4.69) is 0 Å². The molecule has 0 heterocycles. The Morgan fingerprint density at radius 3 is 1.52 bits per heavy atom. The fraction of sp³-hybridized carbons (Fsp3) is 0.294. The van der Waals surface area contributed by atoms with Gasteiger partial charge in [-0.05, 0) is 24.3 Å². The number of benzene rings is 2. The summed E-state index contributed by atoms with van der Waals surface area (Å²) in [5.41, 5.74) is -1.37. The lowest BCUT2D eigenvalue weighted by Gasteiger charge is -2.28. The minimum absolute atomic E-state index is 0.268. The molecule has 0 aliphatic carbocycles. The topological polar surface area (TPSA) is 105 Å². The quantitative estimate of drug-likeness (QED) is 0.552. The standard InChI is InChI=1S/C17H21O7P/c18-11-17(12-19,13-20)14-22-25(21,23-15-7-3-1-4-8-15)24-16-9-5-2-6-10-16/h1-10,18-20H,11-14H2. The van der Waals surface area contributed by atoms with Crippen LogP contribution in [0, 0.1) is 5.41 Å². The number of phosphoric acid groups is 1. The van der Waals surface area contributed by atoms with Crippen LogP contribution in [0.25, 0.3) is 0 Å². The van der Waals surface area contributed by atoms with Crippen molar-refractivity contribution in [2.24, 2.45) is 5.41 Å². The second-order valence-corrected chi connectivity index (χ2v) is 7.02. The molecule has 7 nitrogen and oxygen atoms in total. The predicted molar refractivity (Wildman–Crippen MR) is 91.4 cm³/mol. The molecular formula is C17H21O7P. The fourth-order valence-corrected chi connectivity index (χ4v) is 3.13. The van der Waals surface area contributed by atoms with Gasteiger partial charge in [0.25, 0.3) is 0 Å². The Morgan fingerprint density at radius 1 is 0.760 bits per heavy atom. The van der Waals surface area contributed by atoms with Gasteiger partial charge in [0.1, 0.15) is 11.5 Å². The smallest absolute Gasteiger partial charge is 0.396 e. The Balaban J connectivity index is 2.20. The average molecular weight is 368 g/mol. The number of rotatable bonds is 10. The maximum atomic E-state index is 13.0. The Labute approximate surface area is 146 Å². The van der Waals surface area contributed by atoms with Crippen molar-refractivity contribution in [1.29, 1.82) is 0 Å². The first-order valence-corrected chi connectivity index (χ1v) is 9.07. The summed E-state index contributed by atoms with van der Waals surface area (Å²) in [6, 6.07) is 16.7. The van der Waals surface area contributed by atoms with Crippen molar-refractivity contribution >= 4 is 7.82 Å². The maximum absolute atomic E-state index is 13.0. The van der Waals surface area contributed by atoms with Gasteiger partial charge < -0.3 is 24.4 Å². The van der Waals surface area contributed by atoms with Gasteiger partial charge >= 0.3 is 7.82 Å². The van der Waals surface area contributed by atoms with Crippen molar-refractivity contribution in [3.8, 4) is 11.5 Å². The molecule has 0 bridgehead atoms. The molecule has 2 aromatic rings. The van der Waals surface area contributed by atoms with Crippen LogP contribution in [-0.4, -0.2) is 41.7 Å². The van der Waals surface area contributed by atoms with Crippen LogP contribution < -0.4 is 9.05 Å². The summed E-state index contributed by atoms with van der Waals surface area (Å²) < 4.78 is 29.1. The van der Waals surface area contributed by atoms with E-state index < -0.39 is 39.7 Å². The third-order valence-electron chi connectivity index (χ3n) is 3.46. The van der Waals surface area contributed by atoms with E-state index in [4.69, 9.17) is 13.6 Å². The molecule has 0 fully saturated rings. The summed E-state index contributed by atoms with van der Waals surface area (Å²) in [5, 5.41) is 28.1. The first kappa shape index (κ1) is 19.4. The average Bonchev–Trinajstić information content (AvgIpc) is 2.65. The van der Waals surface area contributed by atoms with Crippen LogP contribution in [-0.2, 0) is 9.09 Å². The molecule has 8 heteroatoms. The summed E-state index contributed by atoms with van der Waals surface area (Å²) in [5.74, 6) is 0.536. The van der Waals surface area contributed by atoms with E-state index in [9.17, 15) is 19.9 Å².